The summed E-state index contributed by atoms with van der Waals surface area (Å²) in [6, 6.07) is 15.0. The van der Waals surface area contributed by atoms with Crippen molar-refractivity contribution in [1.29, 1.82) is 0 Å². The average molecular weight is 450 g/mol. The number of aryl methyl sites for hydroxylation is 1. The molecule has 1 atom stereocenters. The quantitative estimate of drug-likeness (QED) is 0.509. The Bertz CT molecular complexity index is 1150. The molecule has 0 bridgehead atoms. The van der Waals surface area contributed by atoms with Crippen molar-refractivity contribution in [3.63, 3.8) is 0 Å². The smallest absolute Gasteiger partial charge is 0.290 e. The molecule has 0 fully saturated rings. The number of rotatable bonds is 8. The third kappa shape index (κ3) is 6.29. The molecule has 0 saturated carbocycles. The van der Waals surface area contributed by atoms with Gasteiger partial charge in [-0.3, -0.25) is 14.4 Å². The number of oxazole rings is 1. The van der Waals surface area contributed by atoms with E-state index in [-0.39, 0.29) is 17.8 Å². The number of benzene rings is 2. The molecule has 2 aromatic carbocycles. The number of ether oxygens (including phenoxy) is 1. The van der Waals surface area contributed by atoms with Crippen molar-refractivity contribution in [3.05, 3.63) is 71.8 Å². The van der Waals surface area contributed by atoms with Crippen LogP contribution in [0.1, 0.15) is 42.8 Å². The second-order valence-electron chi connectivity index (χ2n) is 8.59. The number of nitrogens with zero attached hydrogens (tertiary/aromatic N) is 1. The van der Waals surface area contributed by atoms with Gasteiger partial charge in [-0.05, 0) is 38.5 Å². The van der Waals surface area contributed by atoms with Gasteiger partial charge in [-0.1, -0.05) is 42.5 Å². The molecule has 0 saturated heterocycles. The highest BCUT2D eigenvalue weighted by Gasteiger charge is 2.29. The fraction of sp³-hybridized carbons (Fsp3) is 0.280. The zero-order chi connectivity index (χ0) is 24.2. The highest BCUT2D eigenvalue weighted by atomic mass is 16.5. The average Bonchev–Trinajstić information content (AvgIpc) is 3.15. The first-order chi connectivity index (χ1) is 15.5. The zero-order valence-corrected chi connectivity index (χ0v) is 19.0. The molecule has 1 heterocycles. The van der Waals surface area contributed by atoms with Crippen molar-refractivity contribution in [2.75, 3.05) is 0 Å². The molecule has 0 aliphatic carbocycles. The number of carbonyl (C=O) groups is 3. The fourth-order valence-electron chi connectivity index (χ4n) is 3.26. The monoisotopic (exact) mass is 449 g/mol. The Morgan fingerprint density at radius 3 is 2.27 bits per heavy atom. The van der Waals surface area contributed by atoms with Gasteiger partial charge in [-0.15, -0.1) is 0 Å². The molecule has 0 radical (unpaired) electrons. The molecule has 2 amide bonds. The van der Waals surface area contributed by atoms with E-state index in [0.29, 0.717) is 28.5 Å². The molecule has 172 valence electrons. The minimum atomic E-state index is -1.17. The molecule has 8 nitrogen and oxygen atoms in total. The Balaban J connectivity index is 1.83. The Hall–Kier alpha value is -3.94. The number of primary amides is 1. The zero-order valence-electron chi connectivity index (χ0n) is 19.0. The molecule has 0 spiro atoms. The molecule has 0 aliphatic rings. The molecule has 3 aromatic rings. The summed E-state index contributed by atoms with van der Waals surface area (Å²) in [5, 5.41) is 2.58. The highest BCUT2D eigenvalue weighted by Crippen LogP contribution is 2.24. The number of nitrogens with two attached hydrogens (primary N) is 1. The Morgan fingerprint density at radius 2 is 1.70 bits per heavy atom. The number of aromatic nitrogens is 1. The van der Waals surface area contributed by atoms with Crippen molar-refractivity contribution >= 4 is 17.6 Å². The maximum atomic E-state index is 13.0. The largest absolute Gasteiger partial charge is 0.488 e. The third-order valence-electron chi connectivity index (χ3n) is 4.64. The van der Waals surface area contributed by atoms with Crippen LogP contribution in [0.25, 0.3) is 11.3 Å². The molecule has 3 N–H and O–H groups in total. The lowest BCUT2D eigenvalue weighted by molar-refractivity contribution is -0.137. The first-order valence-corrected chi connectivity index (χ1v) is 10.5. The van der Waals surface area contributed by atoms with Crippen LogP contribution in [0, 0.1) is 6.92 Å². The van der Waals surface area contributed by atoms with Crippen molar-refractivity contribution < 1.29 is 23.5 Å². The lowest BCUT2D eigenvalue weighted by Crippen LogP contribution is -2.47. The second kappa shape index (κ2) is 9.68. The fourth-order valence-corrected chi connectivity index (χ4v) is 3.26. The summed E-state index contributed by atoms with van der Waals surface area (Å²) in [6.07, 6.45) is 0.0666. The number of nitrogens with one attached hydrogen (secondary N) is 1. The standard InChI is InChI=1S/C25H27N3O5/c1-15-27-20(17-8-6-5-7-9-17)22(32-15)24(31)28-19(21(29)23(26)30)14-16-10-12-18(13-11-16)33-25(2,3)4/h5-13,19H,14H2,1-4H3,(H2,26,30)(H,28,31). The van der Waals surface area contributed by atoms with E-state index in [1.165, 1.54) is 0 Å². The first-order valence-electron chi connectivity index (χ1n) is 10.5. The van der Waals surface area contributed by atoms with Gasteiger partial charge in [-0.25, -0.2) is 4.98 Å². The van der Waals surface area contributed by atoms with Gasteiger partial charge in [0.15, 0.2) is 5.89 Å². The van der Waals surface area contributed by atoms with Gasteiger partial charge < -0.3 is 20.2 Å². The van der Waals surface area contributed by atoms with Crippen molar-refractivity contribution in [1.82, 2.24) is 10.3 Å². The van der Waals surface area contributed by atoms with E-state index in [9.17, 15) is 14.4 Å². The summed E-state index contributed by atoms with van der Waals surface area (Å²) in [5.74, 6) is -1.79. The van der Waals surface area contributed by atoms with Crippen molar-refractivity contribution in [2.24, 2.45) is 5.73 Å². The number of hydrogen-bond donors (Lipinski definition) is 2. The Kier molecular flexibility index (Phi) is 6.96. The lowest BCUT2D eigenvalue weighted by atomic mass is 10.0. The lowest BCUT2D eigenvalue weighted by Gasteiger charge is -2.21. The third-order valence-corrected chi connectivity index (χ3v) is 4.64. The summed E-state index contributed by atoms with van der Waals surface area (Å²) >= 11 is 0. The maximum absolute atomic E-state index is 13.0. The highest BCUT2D eigenvalue weighted by molar-refractivity contribution is 6.38. The minimum Gasteiger partial charge on any atom is -0.488 e. The Morgan fingerprint density at radius 1 is 1.06 bits per heavy atom. The van der Waals surface area contributed by atoms with E-state index in [2.05, 4.69) is 10.3 Å². The normalized spacial score (nSPS) is 12.1. The van der Waals surface area contributed by atoms with Gasteiger partial charge in [-0.2, -0.15) is 0 Å². The molecule has 3 rings (SSSR count). The number of hydrogen-bond acceptors (Lipinski definition) is 6. The summed E-state index contributed by atoms with van der Waals surface area (Å²) in [6.45, 7) is 7.43. The van der Waals surface area contributed by atoms with Crippen LogP contribution < -0.4 is 15.8 Å². The summed E-state index contributed by atoms with van der Waals surface area (Å²) in [7, 11) is 0. The number of Topliss-reactive ketones (excluding diaryl/α,β-unsaturated/α-hetero) is 1. The predicted octanol–water partition coefficient (Wildman–Crippen LogP) is 3.22. The van der Waals surface area contributed by atoms with Crippen LogP contribution in [0.4, 0.5) is 0 Å². The van der Waals surface area contributed by atoms with Crippen LogP contribution in [0.5, 0.6) is 5.75 Å². The van der Waals surface area contributed by atoms with Crippen molar-refractivity contribution in [2.45, 2.75) is 45.8 Å². The molecule has 8 heteroatoms. The van der Waals surface area contributed by atoms with Gasteiger partial charge in [0.05, 0.1) is 0 Å². The van der Waals surface area contributed by atoms with Crippen LogP contribution in [-0.2, 0) is 16.0 Å². The van der Waals surface area contributed by atoms with Gasteiger partial charge in [0, 0.05) is 18.9 Å². The molecule has 1 aromatic heterocycles. The molecular weight excluding hydrogens is 422 g/mol. The maximum Gasteiger partial charge on any atom is 0.290 e. The van der Waals surface area contributed by atoms with E-state index in [1.807, 2.05) is 39.0 Å². The second-order valence-corrected chi connectivity index (χ2v) is 8.59. The van der Waals surface area contributed by atoms with E-state index in [4.69, 9.17) is 14.9 Å². The summed E-state index contributed by atoms with van der Waals surface area (Å²) < 4.78 is 11.3. The van der Waals surface area contributed by atoms with Crippen LogP contribution in [0.3, 0.4) is 0 Å². The summed E-state index contributed by atoms with van der Waals surface area (Å²) in [5.41, 5.74) is 6.62. The number of carbonyl (C=O) groups excluding carboxylic acids is 3. The first kappa shape index (κ1) is 23.7. The summed E-state index contributed by atoms with van der Waals surface area (Å²) in [4.78, 5) is 41.4. The molecule has 33 heavy (non-hydrogen) atoms. The number of amides is 2. The van der Waals surface area contributed by atoms with E-state index in [0.717, 1.165) is 0 Å². The van der Waals surface area contributed by atoms with E-state index >= 15 is 0 Å². The van der Waals surface area contributed by atoms with Gasteiger partial charge in [0.2, 0.25) is 11.5 Å². The van der Waals surface area contributed by atoms with Gasteiger partial charge in [0.1, 0.15) is 23.1 Å². The topological polar surface area (TPSA) is 125 Å². The molecule has 0 aliphatic heterocycles. The molecule has 1 unspecified atom stereocenters. The predicted molar refractivity (Wildman–Crippen MR) is 123 cm³/mol. The van der Waals surface area contributed by atoms with Crippen LogP contribution >= 0.6 is 0 Å². The van der Waals surface area contributed by atoms with Gasteiger partial charge in [0.25, 0.3) is 11.8 Å². The SMILES string of the molecule is Cc1nc(-c2ccccc2)c(C(=O)NC(Cc2ccc(OC(C)(C)C)cc2)C(=O)C(N)=O)o1. The van der Waals surface area contributed by atoms with Crippen molar-refractivity contribution in [3.8, 4) is 17.0 Å². The van der Waals surface area contributed by atoms with Crippen LogP contribution in [0.2, 0.25) is 0 Å². The van der Waals surface area contributed by atoms with Crippen LogP contribution in [0.15, 0.2) is 59.0 Å². The van der Waals surface area contributed by atoms with Crippen LogP contribution in [-0.4, -0.2) is 34.2 Å². The van der Waals surface area contributed by atoms with E-state index < -0.39 is 23.6 Å². The van der Waals surface area contributed by atoms with E-state index in [1.54, 1.807) is 43.3 Å². The Labute approximate surface area is 192 Å². The van der Waals surface area contributed by atoms with Gasteiger partial charge >= 0.3 is 0 Å². The number of ketones is 1. The minimum absolute atomic E-state index is 0.0464. The molecular formula is C25H27N3O5.